The van der Waals surface area contributed by atoms with Crippen LogP contribution in [0.1, 0.15) is 12.1 Å². The molecule has 1 aliphatic carbocycles. The lowest BCUT2D eigenvalue weighted by Gasteiger charge is -2.26. The molecule has 106 valence electrons. The number of allylic oxidation sites excluding steroid dienone is 3. The Morgan fingerprint density at radius 1 is 1.38 bits per heavy atom. The van der Waals surface area contributed by atoms with Crippen LogP contribution in [0.2, 0.25) is 5.15 Å². The predicted octanol–water partition coefficient (Wildman–Crippen LogP) is 2.10. The van der Waals surface area contributed by atoms with Crippen molar-refractivity contribution in [3.8, 4) is 0 Å². The lowest BCUT2D eigenvalue weighted by atomic mass is 9.78. The van der Waals surface area contributed by atoms with Crippen LogP contribution < -0.4 is 5.73 Å². The number of aromatic nitrogens is 3. The maximum absolute atomic E-state index is 11.8. The van der Waals surface area contributed by atoms with E-state index >= 15 is 0 Å². The van der Waals surface area contributed by atoms with Gasteiger partial charge >= 0.3 is 5.97 Å². The average molecular weight is 303 g/mol. The summed E-state index contributed by atoms with van der Waals surface area (Å²) in [6.07, 6.45) is 8.70. The number of anilines is 1. The number of nitrogen functional groups attached to an aromatic ring is 1. The lowest BCUT2D eigenvalue weighted by molar-refractivity contribution is -0.142. The molecule has 1 atom stereocenters. The second-order valence-corrected chi connectivity index (χ2v) is 5.09. The molecule has 0 unspecified atom stereocenters. The summed E-state index contributed by atoms with van der Waals surface area (Å²) >= 11 is 6.13. The third-order valence-electron chi connectivity index (χ3n) is 3.45. The molecule has 0 saturated heterocycles. The largest absolute Gasteiger partial charge is 0.480 e. The molecule has 0 spiro atoms. The number of fused-ring (bicyclic) bond motifs is 1. The van der Waals surface area contributed by atoms with Gasteiger partial charge in [0.2, 0.25) is 5.95 Å². The fraction of sp³-hybridized carbons (Fsp3) is 0.143. The van der Waals surface area contributed by atoms with Gasteiger partial charge < -0.3 is 10.8 Å². The van der Waals surface area contributed by atoms with E-state index in [1.54, 1.807) is 30.4 Å². The Labute approximate surface area is 125 Å². The second-order valence-electron chi connectivity index (χ2n) is 4.73. The van der Waals surface area contributed by atoms with Gasteiger partial charge in [-0.05, 0) is 12.5 Å². The summed E-state index contributed by atoms with van der Waals surface area (Å²) in [5.41, 5.74) is 5.05. The van der Waals surface area contributed by atoms with Crippen molar-refractivity contribution < 1.29 is 9.90 Å². The summed E-state index contributed by atoms with van der Waals surface area (Å²) in [6.45, 7) is 0. The van der Waals surface area contributed by atoms with Crippen molar-refractivity contribution in [3.05, 3.63) is 47.4 Å². The maximum Gasteiger partial charge on any atom is 0.319 e. The molecular formula is C14H11ClN4O2. The summed E-state index contributed by atoms with van der Waals surface area (Å²) in [5.74, 6) is -0.894. The molecule has 0 aromatic carbocycles. The van der Waals surface area contributed by atoms with Crippen LogP contribution in [0.15, 0.2) is 36.6 Å². The van der Waals surface area contributed by atoms with Crippen LogP contribution in [0, 0.1) is 0 Å². The Kier molecular flexibility index (Phi) is 3.10. The first-order valence-corrected chi connectivity index (χ1v) is 6.58. The molecule has 2 aromatic heterocycles. The average Bonchev–Trinajstić information content (AvgIpc) is 2.48. The SMILES string of the molecule is Nc1ncc2cc([C@]3(C(=O)O)C=CC=CC3)nc(Cl)c2n1. The summed E-state index contributed by atoms with van der Waals surface area (Å²) in [7, 11) is 0. The first-order valence-electron chi connectivity index (χ1n) is 6.20. The molecule has 21 heavy (non-hydrogen) atoms. The van der Waals surface area contributed by atoms with Gasteiger partial charge in [0.15, 0.2) is 5.15 Å². The molecule has 6 nitrogen and oxygen atoms in total. The fourth-order valence-corrected chi connectivity index (χ4v) is 2.56. The molecule has 7 heteroatoms. The number of hydrogen-bond acceptors (Lipinski definition) is 5. The highest BCUT2D eigenvalue weighted by Gasteiger charge is 2.39. The minimum atomic E-state index is -1.23. The van der Waals surface area contributed by atoms with Crippen LogP contribution in [0.25, 0.3) is 10.9 Å². The van der Waals surface area contributed by atoms with Crippen LogP contribution in [0.3, 0.4) is 0 Å². The van der Waals surface area contributed by atoms with Crippen LogP contribution >= 0.6 is 11.6 Å². The highest BCUT2D eigenvalue weighted by Crippen LogP contribution is 2.34. The smallest absolute Gasteiger partial charge is 0.319 e. The Hall–Kier alpha value is -2.47. The monoisotopic (exact) mass is 302 g/mol. The summed E-state index contributed by atoms with van der Waals surface area (Å²) in [6, 6.07) is 1.64. The van der Waals surface area contributed by atoms with E-state index in [2.05, 4.69) is 15.0 Å². The number of halogens is 1. The van der Waals surface area contributed by atoms with Gasteiger partial charge in [0.25, 0.3) is 0 Å². The third kappa shape index (κ3) is 2.13. The molecule has 2 heterocycles. The molecule has 0 amide bonds. The van der Waals surface area contributed by atoms with E-state index < -0.39 is 11.4 Å². The van der Waals surface area contributed by atoms with Crippen LogP contribution in [-0.2, 0) is 10.2 Å². The van der Waals surface area contributed by atoms with Crippen molar-refractivity contribution in [2.75, 3.05) is 5.73 Å². The highest BCUT2D eigenvalue weighted by molar-refractivity contribution is 6.33. The Bertz CT molecular complexity index is 803. The maximum atomic E-state index is 11.8. The molecule has 3 rings (SSSR count). The Balaban J connectivity index is 2.24. The number of rotatable bonds is 2. The quantitative estimate of drug-likeness (QED) is 0.824. The minimum absolute atomic E-state index is 0.0902. The van der Waals surface area contributed by atoms with E-state index in [0.717, 1.165) is 0 Å². The molecule has 3 N–H and O–H groups in total. The van der Waals surface area contributed by atoms with Crippen LogP contribution in [0.4, 0.5) is 5.95 Å². The number of nitrogens with two attached hydrogens (primary N) is 1. The molecule has 0 saturated carbocycles. The van der Waals surface area contributed by atoms with Crippen molar-refractivity contribution in [1.82, 2.24) is 15.0 Å². The van der Waals surface area contributed by atoms with Gasteiger partial charge in [-0.15, -0.1) is 0 Å². The Morgan fingerprint density at radius 3 is 2.86 bits per heavy atom. The molecule has 0 radical (unpaired) electrons. The molecule has 0 bridgehead atoms. The lowest BCUT2D eigenvalue weighted by Crippen LogP contribution is -2.35. The summed E-state index contributed by atoms with van der Waals surface area (Å²) < 4.78 is 0. The highest BCUT2D eigenvalue weighted by atomic mass is 35.5. The van der Waals surface area contributed by atoms with Gasteiger partial charge in [0.1, 0.15) is 10.9 Å². The van der Waals surface area contributed by atoms with Crippen molar-refractivity contribution in [1.29, 1.82) is 0 Å². The van der Waals surface area contributed by atoms with Gasteiger partial charge in [0, 0.05) is 11.6 Å². The number of hydrogen-bond donors (Lipinski definition) is 2. The van der Waals surface area contributed by atoms with Gasteiger partial charge in [-0.3, -0.25) is 4.79 Å². The van der Waals surface area contributed by atoms with E-state index in [0.29, 0.717) is 23.0 Å². The molecule has 2 aromatic rings. The van der Waals surface area contributed by atoms with E-state index in [4.69, 9.17) is 17.3 Å². The minimum Gasteiger partial charge on any atom is -0.480 e. The summed E-state index contributed by atoms with van der Waals surface area (Å²) in [5, 5.41) is 10.3. The van der Waals surface area contributed by atoms with Gasteiger partial charge in [0.05, 0.1) is 5.69 Å². The zero-order chi connectivity index (χ0) is 15.0. The van der Waals surface area contributed by atoms with E-state index in [-0.39, 0.29) is 11.1 Å². The van der Waals surface area contributed by atoms with Crippen molar-refractivity contribution >= 4 is 34.4 Å². The van der Waals surface area contributed by atoms with E-state index in [9.17, 15) is 9.90 Å². The van der Waals surface area contributed by atoms with Crippen LogP contribution in [-0.4, -0.2) is 26.0 Å². The van der Waals surface area contributed by atoms with Gasteiger partial charge in [-0.25, -0.2) is 15.0 Å². The first kappa shape index (κ1) is 13.5. The standard InChI is InChI=1S/C14H11ClN4O2/c15-11-10-8(7-17-13(16)19-10)6-9(18-11)14(12(20)21)4-2-1-3-5-14/h1-4,6-7H,5H2,(H,20,21)(H2,16,17,19)/t14-/m0/s1. The topological polar surface area (TPSA) is 102 Å². The van der Waals surface area contributed by atoms with Crippen molar-refractivity contribution in [3.63, 3.8) is 0 Å². The van der Waals surface area contributed by atoms with Crippen LogP contribution in [0.5, 0.6) is 0 Å². The fourth-order valence-electron chi connectivity index (χ4n) is 2.32. The van der Waals surface area contributed by atoms with Crippen molar-refractivity contribution in [2.24, 2.45) is 0 Å². The number of nitrogens with zero attached hydrogens (tertiary/aromatic N) is 3. The summed E-state index contributed by atoms with van der Waals surface area (Å²) in [4.78, 5) is 23.9. The third-order valence-corrected chi connectivity index (χ3v) is 3.71. The molecule has 0 aliphatic heterocycles. The molecule has 0 fully saturated rings. The van der Waals surface area contributed by atoms with Gasteiger partial charge in [-0.2, -0.15) is 0 Å². The number of carboxylic acid groups (broad SMARTS) is 1. The number of carbonyl (C=O) groups is 1. The molecular weight excluding hydrogens is 292 g/mol. The van der Waals surface area contributed by atoms with E-state index in [1.807, 2.05) is 0 Å². The zero-order valence-electron chi connectivity index (χ0n) is 10.8. The number of carboxylic acids is 1. The molecule has 1 aliphatic rings. The predicted molar refractivity (Wildman–Crippen MR) is 79.0 cm³/mol. The van der Waals surface area contributed by atoms with E-state index in [1.165, 1.54) is 6.20 Å². The number of pyridine rings is 1. The van der Waals surface area contributed by atoms with Crippen molar-refractivity contribution in [2.45, 2.75) is 11.8 Å². The Morgan fingerprint density at radius 2 is 2.19 bits per heavy atom. The second kappa shape index (κ2) is 4.82. The van der Waals surface area contributed by atoms with Gasteiger partial charge in [-0.1, -0.05) is 35.9 Å². The normalized spacial score (nSPS) is 20.8. The zero-order valence-corrected chi connectivity index (χ0v) is 11.6. The number of aliphatic carboxylic acids is 1. The first-order chi connectivity index (χ1) is 10.0.